The number of aryl methyl sites for hydroxylation is 1. The molecule has 0 saturated carbocycles. The van der Waals surface area contributed by atoms with Gasteiger partial charge in [-0.25, -0.2) is 4.68 Å². The second kappa shape index (κ2) is 5.99. The number of hydrogen-bond acceptors (Lipinski definition) is 4. The van der Waals surface area contributed by atoms with E-state index in [0.29, 0.717) is 6.54 Å². The Labute approximate surface area is 129 Å². The summed E-state index contributed by atoms with van der Waals surface area (Å²) in [5, 5.41) is 8.48. The van der Waals surface area contributed by atoms with Crippen molar-refractivity contribution in [1.82, 2.24) is 15.0 Å². The molecule has 5 heteroatoms. The number of methoxy groups -OCH3 is 1. The van der Waals surface area contributed by atoms with Crippen molar-refractivity contribution in [3.8, 4) is 22.7 Å². The van der Waals surface area contributed by atoms with E-state index < -0.39 is 0 Å². The fourth-order valence-electron chi connectivity index (χ4n) is 2.44. The molecule has 0 aliphatic heterocycles. The first-order valence-electron chi connectivity index (χ1n) is 7.09. The Morgan fingerprint density at radius 1 is 1.14 bits per heavy atom. The smallest absolute Gasteiger partial charge is 0.119 e. The minimum atomic E-state index is 0.347. The minimum Gasteiger partial charge on any atom is -0.497 e. The summed E-state index contributed by atoms with van der Waals surface area (Å²) in [7, 11) is 1.65. The normalized spacial score (nSPS) is 10.7. The van der Waals surface area contributed by atoms with E-state index in [-0.39, 0.29) is 0 Å². The van der Waals surface area contributed by atoms with E-state index in [1.54, 1.807) is 7.11 Å². The summed E-state index contributed by atoms with van der Waals surface area (Å²) in [5.41, 5.74) is 10.7. The molecule has 2 N–H and O–H groups in total. The quantitative estimate of drug-likeness (QED) is 0.803. The minimum absolute atomic E-state index is 0.347. The molecule has 3 rings (SSSR count). The van der Waals surface area contributed by atoms with E-state index in [0.717, 1.165) is 28.4 Å². The molecular weight excluding hydrogens is 276 g/mol. The molecule has 0 amide bonds. The Balaban J connectivity index is 2.14. The van der Waals surface area contributed by atoms with Crippen molar-refractivity contribution in [1.29, 1.82) is 0 Å². The average Bonchev–Trinajstić information content (AvgIpc) is 2.99. The molecule has 0 unspecified atom stereocenters. The van der Waals surface area contributed by atoms with E-state index in [9.17, 15) is 0 Å². The number of hydrogen-bond donors (Lipinski definition) is 1. The van der Waals surface area contributed by atoms with Gasteiger partial charge in [-0.1, -0.05) is 29.0 Å². The fraction of sp³-hybridized carbons (Fsp3) is 0.176. The van der Waals surface area contributed by atoms with Gasteiger partial charge in [0.1, 0.15) is 11.4 Å². The second-order valence-electron chi connectivity index (χ2n) is 5.07. The first-order chi connectivity index (χ1) is 10.7. The monoisotopic (exact) mass is 294 g/mol. The maximum absolute atomic E-state index is 5.83. The Hall–Kier alpha value is -2.66. The predicted molar refractivity (Wildman–Crippen MR) is 86.0 cm³/mol. The van der Waals surface area contributed by atoms with Gasteiger partial charge in [0.25, 0.3) is 0 Å². The molecule has 112 valence electrons. The summed E-state index contributed by atoms with van der Waals surface area (Å²) in [4.78, 5) is 0. The van der Waals surface area contributed by atoms with Crippen LogP contribution in [0.1, 0.15) is 11.3 Å². The lowest BCUT2D eigenvalue weighted by molar-refractivity contribution is 0.414. The molecule has 22 heavy (non-hydrogen) atoms. The van der Waals surface area contributed by atoms with Crippen molar-refractivity contribution < 1.29 is 4.74 Å². The maximum Gasteiger partial charge on any atom is 0.119 e. The Morgan fingerprint density at radius 2 is 1.91 bits per heavy atom. The van der Waals surface area contributed by atoms with Gasteiger partial charge >= 0.3 is 0 Å². The van der Waals surface area contributed by atoms with Crippen LogP contribution < -0.4 is 10.5 Å². The molecule has 1 aromatic heterocycles. The Kier molecular flexibility index (Phi) is 3.89. The van der Waals surface area contributed by atoms with Crippen molar-refractivity contribution in [3.63, 3.8) is 0 Å². The van der Waals surface area contributed by atoms with Crippen molar-refractivity contribution in [2.45, 2.75) is 13.5 Å². The van der Waals surface area contributed by atoms with Gasteiger partial charge in [0.2, 0.25) is 0 Å². The molecule has 3 aromatic rings. The predicted octanol–water partition coefficient (Wildman–Crippen LogP) is 2.71. The largest absolute Gasteiger partial charge is 0.497 e. The van der Waals surface area contributed by atoms with Crippen molar-refractivity contribution in [2.75, 3.05) is 7.11 Å². The summed E-state index contributed by atoms with van der Waals surface area (Å²) in [6.45, 7) is 2.41. The van der Waals surface area contributed by atoms with E-state index in [1.807, 2.05) is 41.1 Å². The van der Waals surface area contributed by atoms with Crippen molar-refractivity contribution >= 4 is 0 Å². The zero-order valence-electron chi connectivity index (χ0n) is 12.7. The van der Waals surface area contributed by atoms with E-state index in [4.69, 9.17) is 10.5 Å². The number of benzene rings is 2. The van der Waals surface area contributed by atoms with Gasteiger partial charge in [0, 0.05) is 12.1 Å². The molecule has 2 aromatic carbocycles. The molecule has 0 saturated heterocycles. The lowest BCUT2D eigenvalue weighted by atomic mass is 10.1. The Morgan fingerprint density at radius 3 is 2.55 bits per heavy atom. The number of aromatic nitrogens is 3. The Bertz CT molecular complexity index is 778. The average molecular weight is 294 g/mol. The molecule has 0 atom stereocenters. The highest BCUT2D eigenvalue weighted by molar-refractivity contribution is 5.65. The van der Waals surface area contributed by atoms with Crippen molar-refractivity contribution in [3.05, 3.63) is 59.8 Å². The molecule has 0 spiro atoms. The molecule has 0 aliphatic carbocycles. The molecule has 0 radical (unpaired) electrons. The van der Waals surface area contributed by atoms with Crippen LogP contribution in [-0.2, 0) is 6.54 Å². The van der Waals surface area contributed by atoms with Crippen LogP contribution in [0.4, 0.5) is 0 Å². The van der Waals surface area contributed by atoms with Gasteiger partial charge in [0.05, 0.1) is 18.5 Å². The van der Waals surface area contributed by atoms with E-state index in [1.165, 1.54) is 5.56 Å². The number of nitrogens with zero attached hydrogens (tertiary/aromatic N) is 3. The summed E-state index contributed by atoms with van der Waals surface area (Å²) in [6, 6.07) is 15.9. The van der Waals surface area contributed by atoms with Crippen LogP contribution in [0.3, 0.4) is 0 Å². The van der Waals surface area contributed by atoms with Crippen LogP contribution in [0.25, 0.3) is 16.9 Å². The van der Waals surface area contributed by atoms with Crippen LogP contribution in [0.5, 0.6) is 5.75 Å². The van der Waals surface area contributed by atoms with E-state index >= 15 is 0 Å². The summed E-state index contributed by atoms with van der Waals surface area (Å²) in [6.07, 6.45) is 0. The molecule has 0 bridgehead atoms. The number of rotatable bonds is 4. The third-order valence-electron chi connectivity index (χ3n) is 3.54. The van der Waals surface area contributed by atoms with Gasteiger partial charge in [-0.3, -0.25) is 0 Å². The number of ether oxygens (including phenoxy) is 1. The molecule has 1 heterocycles. The molecule has 0 aliphatic rings. The summed E-state index contributed by atoms with van der Waals surface area (Å²) in [5.74, 6) is 0.806. The SMILES string of the molecule is COc1ccc(-n2nnc(CN)c2-c2cccc(C)c2)cc1. The highest BCUT2D eigenvalue weighted by Gasteiger charge is 2.15. The summed E-state index contributed by atoms with van der Waals surface area (Å²) >= 11 is 0. The molecule has 0 fully saturated rings. The van der Waals surface area contributed by atoms with Gasteiger partial charge < -0.3 is 10.5 Å². The first kappa shape index (κ1) is 14.3. The highest BCUT2D eigenvalue weighted by Crippen LogP contribution is 2.26. The zero-order valence-corrected chi connectivity index (χ0v) is 12.7. The van der Waals surface area contributed by atoms with Gasteiger partial charge in [-0.2, -0.15) is 0 Å². The number of nitrogens with two attached hydrogens (primary N) is 1. The lowest BCUT2D eigenvalue weighted by Gasteiger charge is -2.09. The van der Waals surface area contributed by atoms with Crippen LogP contribution in [0.15, 0.2) is 48.5 Å². The fourth-order valence-corrected chi connectivity index (χ4v) is 2.44. The maximum atomic E-state index is 5.83. The third-order valence-corrected chi connectivity index (χ3v) is 3.54. The second-order valence-corrected chi connectivity index (χ2v) is 5.07. The van der Waals surface area contributed by atoms with Gasteiger partial charge in [0.15, 0.2) is 0 Å². The standard InChI is InChI=1S/C17H18N4O/c1-12-4-3-5-13(10-12)17-16(11-18)19-20-21(17)14-6-8-15(22-2)9-7-14/h3-10H,11,18H2,1-2H3. The third kappa shape index (κ3) is 2.58. The first-order valence-corrected chi connectivity index (χ1v) is 7.09. The molecule has 5 nitrogen and oxygen atoms in total. The lowest BCUT2D eigenvalue weighted by Crippen LogP contribution is -2.02. The summed E-state index contributed by atoms with van der Waals surface area (Å²) < 4.78 is 7.01. The highest BCUT2D eigenvalue weighted by atomic mass is 16.5. The van der Waals surface area contributed by atoms with Gasteiger partial charge in [-0.15, -0.1) is 5.10 Å². The zero-order chi connectivity index (χ0) is 15.5. The van der Waals surface area contributed by atoms with Crippen LogP contribution in [-0.4, -0.2) is 22.1 Å². The van der Waals surface area contributed by atoms with Gasteiger partial charge in [-0.05, 0) is 37.3 Å². The van der Waals surface area contributed by atoms with Crippen LogP contribution in [0.2, 0.25) is 0 Å². The van der Waals surface area contributed by atoms with E-state index in [2.05, 4.69) is 29.4 Å². The van der Waals surface area contributed by atoms with Crippen LogP contribution >= 0.6 is 0 Å². The van der Waals surface area contributed by atoms with Crippen molar-refractivity contribution in [2.24, 2.45) is 5.73 Å². The topological polar surface area (TPSA) is 66.0 Å². The van der Waals surface area contributed by atoms with Crippen LogP contribution in [0, 0.1) is 6.92 Å². The molecular formula is C17H18N4O.